The molecule has 0 spiro atoms. The van der Waals surface area contributed by atoms with E-state index >= 15 is 0 Å². The summed E-state index contributed by atoms with van der Waals surface area (Å²) in [5.41, 5.74) is 0. The van der Waals surface area contributed by atoms with Gasteiger partial charge in [-0.2, -0.15) is 4.72 Å². The Balaban J connectivity index is 1.48. The number of amides is 1. The molecule has 0 radical (unpaired) electrons. The van der Waals surface area contributed by atoms with E-state index in [4.69, 9.17) is 9.47 Å². The number of anilines is 1. The number of fused-ring (bicyclic) bond motifs is 1. The lowest BCUT2D eigenvalue weighted by Gasteiger charge is -2.29. The topological polar surface area (TPSA) is 101 Å². The third kappa shape index (κ3) is 5.59. The smallest absolute Gasteiger partial charge is 0.241 e. The van der Waals surface area contributed by atoms with Crippen LogP contribution in [0, 0.1) is 5.92 Å². The first-order chi connectivity index (χ1) is 15.8. The molecule has 1 N–H and O–H groups in total. The van der Waals surface area contributed by atoms with Crippen LogP contribution in [0.2, 0.25) is 0 Å². The van der Waals surface area contributed by atoms with E-state index in [-0.39, 0.29) is 16.7 Å². The summed E-state index contributed by atoms with van der Waals surface area (Å²) >= 11 is 1.58. The lowest BCUT2D eigenvalue weighted by atomic mass is 10.0. The molecule has 1 unspecified atom stereocenters. The van der Waals surface area contributed by atoms with Crippen molar-refractivity contribution in [2.24, 2.45) is 5.92 Å². The summed E-state index contributed by atoms with van der Waals surface area (Å²) in [4.78, 5) is 21.7. The lowest BCUT2D eigenvalue weighted by Crippen LogP contribution is -2.51. The van der Waals surface area contributed by atoms with Crippen LogP contribution in [0.5, 0.6) is 11.5 Å². The summed E-state index contributed by atoms with van der Waals surface area (Å²) in [5.74, 6) is 0.504. The molecule has 2 aliphatic rings. The van der Waals surface area contributed by atoms with Gasteiger partial charge in [0.05, 0.1) is 18.1 Å². The largest absolute Gasteiger partial charge is 0.490 e. The quantitative estimate of drug-likeness (QED) is 0.658. The van der Waals surface area contributed by atoms with E-state index in [2.05, 4.69) is 14.6 Å². The summed E-state index contributed by atoms with van der Waals surface area (Å²) in [6.45, 7) is 7.26. The molecule has 11 heteroatoms. The van der Waals surface area contributed by atoms with E-state index in [1.54, 1.807) is 28.5 Å². The summed E-state index contributed by atoms with van der Waals surface area (Å²) < 4.78 is 40.2. The summed E-state index contributed by atoms with van der Waals surface area (Å²) in [6.07, 6.45) is 3.30. The van der Waals surface area contributed by atoms with Crippen molar-refractivity contribution in [1.82, 2.24) is 14.6 Å². The molecule has 180 valence electrons. The Bertz CT molecular complexity index is 1060. The first-order valence-electron chi connectivity index (χ1n) is 11.2. The van der Waals surface area contributed by atoms with Gasteiger partial charge in [-0.1, -0.05) is 13.8 Å². The fourth-order valence-electron chi connectivity index (χ4n) is 3.92. The lowest BCUT2D eigenvalue weighted by molar-refractivity contribution is -0.133. The number of carbonyl (C=O) groups is 1. The molecule has 0 bridgehead atoms. The van der Waals surface area contributed by atoms with E-state index in [1.165, 1.54) is 12.1 Å². The van der Waals surface area contributed by atoms with Crippen molar-refractivity contribution in [3.05, 3.63) is 29.8 Å². The highest BCUT2D eigenvalue weighted by molar-refractivity contribution is 7.89. The molecule has 1 aromatic carbocycles. The predicted molar refractivity (Wildman–Crippen MR) is 127 cm³/mol. The minimum absolute atomic E-state index is 0.0519. The zero-order valence-electron chi connectivity index (χ0n) is 18.9. The summed E-state index contributed by atoms with van der Waals surface area (Å²) in [5, 5.41) is 2.88. The number of nitrogens with one attached hydrogen (secondary N) is 1. The standard InChI is InChI=1S/C22H30N4O5S2/c1-16(2)20(21(27)25-8-3-9-26(11-10-25)22-23-7-14-32-22)24-33(28,29)17-5-6-18-19(15-17)31-13-4-12-30-18/h5-7,14-16,20,24H,3-4,8-13H2,1-2H3. The average molecular weight is 495 g/mol. The second kappa shape index (κ2) is 10.3. The van der Waals surface area contributed by atoms with Crippen LogP contribution >= 0.6 is 11.3 Å². The fraction of sp³-hybridized carbons (Fsp3) is 0.545. The van der Waals surface area contributed by atoms with Crippen LogP contribution in [0.3, 0.4) is 0 Å². The average Bonchev–Trinajstić information content (AvgIpc) is 3.07. The SMILES string of the molecule is CC(C)C(NS(=O)(=O)c1ccc2c(c1)OCCCO2)C(=O)N1CCCN(c2nccs2)CC1. The van der Waals surface area contributed by atoms with Crippen molar-refractivity contribution in [3.8, 4) is 11.5 Å². The molecule has 3 heterocycles. The molecule has 1 amide bonds. The third-order valence-electron chi connectivity index (χ3n) is 5.74. The van der Waals surface area contributed by atoms with Gasteiger partial charge < -0.3 is 19.3 Å². The highest BCUT2D eigenvalue weighted by atomic mass is 32.2. The van der Waals surface area contributed by atoms with Crippen LogP contribution in [-0.4, -0.2) is 69.6 Å². The number of carbonyl (C=O) groups excluding carboxylic acids is 1. The van der Waals surface area contributed by atoms with E-state index < -0.39 is 16.1 Å². The molecule has 1 saturated heterocycles. The van der Waals surface area contributed by atoms with Gasteiger partial charge in [0.25, 0.3) is 0 Å². The number of sulfonamides is 1. The first-order valence-corrected chi connectivity index (χ1v) is 13.6. The van der Waals surface area contributed by atoms with Crippen LogP contribution in [0.1, 0.15) is 26.7 Å². The molecule has 0 aliphatic carbocycles. The molecule has 33 heavy (non-hydrogen) atoms. The van der Waals surface area contributed by atoms with Crippen molar-refractivity contribution in [2.45, 2.75) is 37.6 Å². The predicted octanol–water partition coefficient (Wildman–Crippen LogP) is 2.35. The Kier molecular flexibility index (Phi) is 7.40. The maximum absolute atomic E-state index is 13.4. The van der Waals surface area contributed by atoms with Gasteiger partial charge in [-0.3, -0.25) is 4.79 Å². The van der Waals surface area contributed by atoms with Gasteiger partial charge in [-0.05, 0) is 24.5 Å². The van der Waals surface area contributed by atoms with Crippen molar-refractivity contribution < 1.29 is 22.7 Å². The molecule has 0 saturated carbocycles. The van der Waals surface area contributed by atoms with Gasteiger partial charge in [0.1, 0.15) is 6.04 Å². The molecule has 1 aromatic heterocycles. The van der Waals surface area contributed by atoms with Gasteiger partial charge in [-0.15, -0.1) is 11.3 Å². The molecule has 1 fully saturated rings. The number of hydrogen-bond donors (Lipinski definition) is 1. The van der Waals surface area contributed by atoms with E-state index in [1.807, 2.05) is 19.2 Å². The number of aromatic nitrogens is 1. The summed E-state index contributed by atoms with van der Waals surface area (Å²) in [6, 6.07) is 3.68. The van der Waals surface area contributed by atoms with Crippen LogP contribution < -0.4 is 19.1 Å². The maximum atomic E-state index is 13.4. The third-order valence-corrected chi connectivity index (χ3v) is 8.01. The Morgan fingerprint density at radius 1 is 1.09 bits per heavy atom. The molecular weight excluding hydrogens is 464 g/mol. The first kappa shape index (κ1) is 23.8. The van der Waals surface area contributed by atoms with Crippen LogP contribution in [0.25, 0.3) is 0 Å². The van der Waals surface area contributed by atoms with Crippen molar-refractivity contribution in [1.29, 1.82) is 0 Å². The fourth-order valence-corrected chi connectivity index (χ4v) is 5.97. The zero-order chi connectivity index (χ0) is 23.4. The van der Waals surface area contributed by atoms with E-state index in [0.717, 1.165) is 24.5 Å². The summed E-state index contributed by atoms with van der Waals surface area (Å²) in [7, 11) is -3.94. The number of nitrogens with zero attached hydrogens (tertiary/aromatic N) is 3. The van der Waals surface area contributed by atoms with Crippen molar-refractivity contribution in [2.75, 3.05) is 44.3 Å². The molecule has 1 atom stereocenters. The Morgan fingerprint density at radius 3 is 2.61 bits per heavy atom. The van der Waals surface area contributed by atoms with Crippen molar-refractivity contribution in [3.63, 3.8) is 0 Å². The van der Waals surface area contributed by atoms with Gasteiger partial charge in [0, 0.05) is 50.2 Å². The number of rotatable bonds is 6. The highest BCUT2D eigenvalue weighted by Crippen LogP contribution is 2.32. The van der Waals surface area contributed by atoms with Crippen LogP contribution in [-0.2, 0) is 14.8 Å². The van der Waals surface area contributed by atoms with Gasteiger partial charge in [0.2, 0.25) is 15.9 Å². The molecular formula is C22H30N4O5S2. The van der Waals surface area contributed by atoms with E-state index in [9.17, 15) is 13.2 Å². The van der Waals surface area contributed by atoms with Gasteiger partial charge in [0.15, 0.2) is 16.6 Å². The Hall–Kier alpha value is -2.37. The number of thiazole rings is 1. The number of ether oxygens (including phenoxy) is 2. The van der Waals surface area contributed by atoms with Crippen molar-refractivity contribution >= 4 is 32.4 Å². The second-order valence-corrected chi connectivity index (χ2v) is 11.1. The second-order valence-electron chi connectivity index (χ2n) is 8.48. The van der Waals surface area contributed by atoms with E-state index in [0.29, 0.717) is 44.3 Å². The molecule has 9 nitrogen and oxygen atoms in total. The molecule has 4 rings (SSSR count). The molecule has 2 aliphatic heterocycles. The minimum Gasteiger partial charge on any atom is -0.490 e. The number of hydrogen-bond acceptors (Lipinski definition) is 8. The highest BCUT2D eigenvalue weighted by Gasteiger charge is 2.33. The number of benzene rings is 1. The van der Waals surface area contributed by atoms with Crippen LogP contribution in [0.4, 0.5) is 5.13 Å². The minimum atomic E-state index is -3.94. The van der Waals surface area contributed by atoms with Gasteiger partial charge >= 0.3 is 0 Å². The van der Waals surface area contributed by atoms with Gasteiger partial charge in [-0.25, -0.2) is 13.4 Å². The van der Waals surface area contributed by atoms with Crippen LogP contribution in [0.15, 0.2) is 34.7 Å². The normalized spacial score (nSPS) is 18.0. The zero-order valence-corrected chi connectivity index (χ0v) is 20.5. The Morgan fingerprint density at radius 2 is 1.88 bits per heavy atom. The monoisotopic (exact) mass is 494 g/mol. The Labute approximate surface area is 198 Å². The maximum Gasteiger partial charge on any atom is 0.241 e. The molecule has 2 aromatic rings.